The first-order valence-corrected chi connectivity index (χ1v) is 6.32. The van der Waals surface area contributed by atoms with Gasteiger partial charge < -0.3 is 10.3 Å². The third-order valence-corrected chi connectivity index (χ3v) is 3.28. The maximum Gasteiger partial charge on any atom is 0.304 e. The molecule has 1 heterocycles. The standard InChI is InChI=1S/C11H9FN2O2S2/c12-8-2-1-6(3-9(8)17)10(15)13-4-7-5-18-11(16)14-7/h1-3,5,17H,4H2,(H,13,15)(H,14,16). The van der Waals surface area contributed by atoms with Crippen LogP contribution in [-0.2, 0) is 6.54 Å². The maximum atomic E-state index is 13.0. The zero-order valence-corrected chi connectivity index (χ0v) is 10.8. The molecule has 1 aromatic carbocycles. The minimum absolute atomic E-state index is 0.117. The molecule has 94 valence electrons. The minimum atomic E-state index is -0.475. The Balaban J connectivity index is 2.03. The third-order valence-electron chi connectivity index (χ3n) is 2.22. The minimum Gasteiger partial charge on any atom is -0.346 e. The van der Waals surface area contributed by atoms with Gasteiger partial charge in [0.2, 0.25) is 0 Å². The van der Waals surface area contributed by atoms with Crippen molar-refractivity contribution in [3.63, 3.8) is 0 Å². The van der Waals surface area contributed by atoms with Crippen molar-refractivity contribution in [3.05, 3.63) is 50.3 Å². The predicted molar refractivity (Wildman–Crippen MR) is 69.8 cm³/mol. The fourth-order valence-corrected chi connectivity index (χ4v) is 2.13. The van der Waals surface area contributed by atoms with E-state index in [4.69, 9.17) is 0 Å². The molecular formula is C11H9FN2O2S2. The van der Waals surface area contributed by atoms with E-state index in [9.17, 15) is 14.0 Å². The Kier molecular flexibility index (Phi) is 3.83. The monoisotopic (exact) mass is 284 g/mol. The topological polar surface area (TPSA) is 62.0 Å². The van der Waals surface area contributed by atoms with Gasteiger partial charge in [0.25, 0.3) is 5.91 Å². The lowest BCUT2D eigenvalue weighted by molar-refractivity contribution is 0.0950. The van der Waals surface area contributed by atoms with Gasteiger partial charge in [0, 0.05) is 21.5 Å². The van der Waals surface area contributed by atoms with Crippen molar-refractivity contribution in [1.82, 2.24) is 10.3 Å². The normalized spacial score (nSPS) is 10.3. The van der Waals surface area contributed by atoms with Gasteiger partial charge in [0.1, 0.15) is 5.82 Å². The Morgan fingerprint density at radius 1 is 1.50 bits per heavy atom. The summed E-state index contributed by atoms with van der Waals surface area (Å²) < 4.78 is 13.0. The van der Waals surface area contributed by atoms with E-state index in [0.717, 1.165) is 11.3 Å². The first-order chi connectivity index (χ1) is 8.56. The van der Waals surface area contributed by atoms with Crippen LogP contribution in [0.25, 0.3) is 0 Å². The number of benzene rings is 1. The number of halogens is 1. The lowest BCUT2D eigenvalue weighted by Crippen LogP contribution is -2.23. The summed E-state index contributed by atoms with van der Waals surface area (Å²) in [5, 5.41) is 4.25. The number of nitrogens with one attached hydrogen (secondary N) is 2. The number of hydrogen-bond acceptors (Lipinski definition) is 4. The Morgan fingerprint density at radius 2 is 2.28 bits per heavy atom. The summed E-state index contributed by atoms with van der Waals surface area (Å²) in [7, 11) is 0. The lowest BCUT2D eigenvalue weighted by Gasteiger charge is -2.04. The maximum absolute atomic E-state index is 13.0. The molecule has 0 bridgehead atoms. The first-order valence-electron chi connectivity index (χ1n) is 4.99. The van der Waals surface area contributed by atoms with Crippen molar-refractivity contribution in [3.8, 4) is 0 Å². The number of aromatic amines is 1. The van der Waals surface area contributed by atoms with E-state index in [1.165, 1.54) is 18.2 Å². The summed E-state index contributed by atoms with van der Waals surface area (Å²) >= 11 is 4.93. The van der Waals surface area contributed by atoms with E-state index in [1.54, 1.807) is 5.38 Å². The third kappa shape index (κ3) is 2.99. The second-order valence-electron chi connectivity index (χ2n) is 3.52. The van der Waals surface area contributed by atoms with Crippen molar-refractivity contribution >= 4 is 29.9 Å². The van der Waals surface area contributed by atoms with Crippen molar-refractivity contribution in [2.24, 2.45) is 0 Å². The van der Waals surface area contributed by atoms with Gasteiger partial charge >= 0.3 is 4.87 Å². The summed E-state index contributed by atoms with van der Waals surface area (Å²) in [4.78, 5) is 25.1. The number of aromatic nitrogens is 1. The summed E-state index contributed by atoms with van der Waals surface area (Å²) in [5.41, 5.74) is 0.950. The van der Waals surface area contributed by atoms with E-state index in [1.807, 2.05) is 0 Å². The quantitative estimate of drug-likeness (QED) is 0.753. The number of rotatable bonds is 3. The molecule has 0 fully saturated rings. The van der Waals surface area contributed by atoms with E-state index < -0.39 is 5.82 Å². The first kappa shape index (κ1) is 12.8. The largest absolute Gasteiger partial charge is 0.346 e. The molecule has 0 aliphatic rings. The molecule has 0 saturated heterocycles. The Morgan fingerprint density at radius 3 is 2.89 bits per heavy atom. The molecule has 0 spiro atoms. The summed E-state index contributed by atoms with van der Waals surface area (Å²) in [5.74, 6) is -0.825. The number of carbonyl (C=O) groups excluding carboxylic acids is 1. The van der Waals surface area contributed by atoms with Gasteiger partial charge in [-0.2, -0.15) is 0 Å². The van der Waals surface area contributed by atoms with Crippen LogP contribution in [0.3, 0.4) is 0 Å². The van der Waals surface area contributed by atoms with Crippen molar-refractivity contribution in [2.45, 2.75) is 11.4 Å². The van der Waals surface area contributed by atoms with Crippen molar-refractivity contribution in [1.29, 1.82) is 0 Å². The Labute approximate surface area is 111 Å². The molecule has 0 unspecified atom stereocenters. The highest BCUT2D eigenvalue weighted by Crippen LogP contribution is 2.14. The average Bonchev–Trinajstić information content (AvgIpc) is 2.75. The Bertz CT molecular complexity index is 636. The molecule has 0 radical (unpaired) electrons. The summed E-state index contributed by atoms with van der Waals surface area (Å²) in [6.07, 6.45) is 0. The lowest BCUT2D eigenvalue weighted by atomic mass is 10.2. The predicted octanol–water partition coefficient (Wildman–Crippen LogP) is 1.79. The van der Waals surface area contributed by atoms with E-state index in [-0.39, 0.29) is 22.2 Å². The molecule has 4 nitrogen and oxygen atoms in total. The molecule has 1 amide bonds. The van der Waals surface area contributed by atoms with Crippen LogP contribution in [0.1, 0.15) is 16.1 Å². The number of amides is 1. The van der Waals surface area contributed by atoms with Gasteiger partial charge in [0.05, 0.1) is 6.54 Å². The number of H-pyrrole nitrogens is 1. The number of thiol groups is 1. The van der Waals surface area contributed by atoms with Gasteiger partial charge in [-0.05, 0) is 18.2 Å². The van der Waals surface area contributed by atoms with Crippen LogP contribution in [0.2, 0.25) is 0 Å². The highest BCUT2D eigenvalue weighted by molar-refractivity contribution is 7.80. The summed E-state index contributed by atoms with van der Waals surface area (Å²) in [6, 6.07) is 3.91. The molecule has 1 aromatic heterocycles. The molecule has 0 aliphatic heterocycles. The SMILES string of the molecule is O=C(NCc1csc(=O)[nH]1)c1ccc(F)c(S)c1. The van der Waals surface area contributed by atoms with Crippen molar-refractivity contribution < 1.29 is 9.18 Å². The smallest absolute Gasteiger partial charge is 0.304 e. The zero-order chi connectivity index (χ0) is 13.1. The van der Waals surface area contributed by atoms with E-state index in [0.29, 0.717) is 11.3 Å². The fourth-order valence-electron chi connectivity index (χ4n) is 1.33. The summed E-state index contributed by atoms with van der Waals surface area (Å²) in [6.45, 7) is 0.219. The van der Waals surface area contributed by atoms with Crippen LogP contribution in [-0.4, -0.2) is 10.9 Å². The van der Waals surface area contributed by atoms with Crippen LogP contribution in [0.15, 0.2) is 33.3 Å². The number of hydrogen-bond donors (Lipinski definition) is 3. The van der Waals surface area contributed by atoms with E-state index in [2.05, 4.69) is 22.9 Å². The van der Waals surface area contributed by atoms with Crippen molar-refractivity contribution in [2.75, 3.05) is 0 Å². The fraction of sp³-hybridized carbons (Fsp3) is 0.0909. The molecule has 18 heavy (non-hydrogen) atoms. The number of carbonyl (C=O) groups is 1. The van der Waals surface area contributed by atoms with E-state index >= 15 is 0 Å². The molecule has 2 rings (SSSR count). The van der Waals surface area contributed by atoms with Gasteiger partial charge in [-0.15, -0.1) is 12.6 Å². The molecule has 0 atom stereocenters. The van der Waals surface area contributed by atoms with Crippen LogP contribution >= 0.6 is 24.0 Å². The second kappa shape index (κ2) is 5.36. The molecule has 2 aromatic rings. The van der Waals surface area contributed by atoms with Gasteiger partial charge in [-0.1, -0.05) is 11.3 Å². The van der Waals surface area contributed by atoms with Crippen LogP contribution in [0.5, 0.6) is 0 Å². The molecule has 0 aliphatic carbocycles. The van der Waals surface area contributed by atoms with Gasteiger partial charge in [-0.3, -0.25) is 9.59 Å². The molecular weight excluding hydrogens is 275 g/mol. The van der Waals surface area contributed by atoms with Gasteiger partial charge in [-0.25, -0.2) is 4.39 Å². The van der Waals surface area contributed by atoms with Crippen LogP contribution in [0.4, 0.5) is 4.39 Å². The Hall–Kier alpha value is -1.60. The molecule has 0 saturated carbocycles. The van der Waals surface area contributed by atoms with Crippen LogP contribution in [0, 0.1) is 5.82 Å². The molecule has 7 heteroatoms. The highest BCUT2D eigenvalue weighted by Gasteiger charge is 2.08. The molecule has 2 N–H and O–H groups in total. The second-order valence-corrected chi connectivity index (χ2v) is 4.85. The average molecular weight is 284 g/mol. The number of thiazole rings is 1. The zero-order valence-electron chi connectivity index (χ0n) is 9.07. The van der Waals surface area contributed by atoms with Gasteiger partial charge in [0.15, 0.2) is 0 Å². The van der Waals surface area contributed by atoms with Crippen LogP contribution < -0.4 is 10.2 Å². The highest BCUT2D eigenvalue weighted by atomic mass is 32.1.